The van der Waals surface area contributed by atoms with Crippen LogP contribution in [0.4, 0.5) is 4.79 Å². The number of carbonyl (C=O) groups is 2. The second kappa shape index (κ2) is 6.42. The number of ether oxygens (including phenoxy) is 1. The zero-order chi connectivity index (χ0) is 15.6. The van der Waals surface area contributed by atoms with E-state index >= 15 is 0 Å². The number of hydrogen-bond donors (Lipinski definition) is 0. The van der Waals surface area contributed by atoms with E-state index in [-0.39, 0.29) is 24.0 Å². The van der Waals surface area contributed by atoms with Gasteiger partial charge < -0.3 is 14.5 Å². The molecule has 2 atom stereocenters. The van der Waals surface area contributed by atoms with Crippen molar-refractivity contribution in [3.8, 4) is 0 Å². The van der Waals surface area contributed by atoms with Gasteiger partial charge in [0, 0.05) is 38.0 Å². The molecule has 0 aliphatic carbocycles. The van der Waals surface area contributed by atoms with Crippen molar-refractivity contribution < 1.29 is 14.3 Å². The van der Waals surface area contributed by atoms with E-state index in [0.717, 1.165) is 19.4 Å². The molecule has 0 aromatic carbocycles. The Bertz CT molecular complexity index is 408. The number of rotatable bonds is 2. The van der Waals surface area contributed by atoms with Crippen LogP contribution in [0, 0.1) is 5.92 Å². The SMILES string of the molecule is CC(C)(C)OC(=O)N1CCCC(N2CC(CCl)CC2=O)C1. The van der Waals surface area contributed by atoms with Crippen LogP contribution in [0.2, 0.25) is 0 Å². The number of nitrogens with zero attached hydrogens (tertiary/aromatic N) is 2. The summed E-state index contributed by atoms with van der Waals surface area (Å²) >= 11 is 5.87. The lowest BCUT2D eigenvalue weighted by Crippen LogP contribution is -2.51. The smallest absolute Gasteiger partial charge is 0.410 e. The van der Waals surface area contributed by atoms with Crippen molar-refractivity contribution >= 4 is 23.6 Å². The van der Waals surface area contributed by atoms with E-state index < -0.39 is 5.60 Å². The van der Waals surface area contributed by atoms with Gasteiger partial charge in [-0.2, -0.15) is 0 Å². The maximum absolute atomic E-state index is 12.2. The molecule has 6 heteroatoms. The molecular formula is C15H25ClN2O3. The second-order valence-corrected chi connectivity index (χ2v) is 7.30. The summed E-state index contributed by atoms with van der Waals surface area (Å²) in [5.41, 5.74) is -0.489. The van der Waals surface area contributed by atoms with Crippen molar-refractivity contribution in [1.82, 2.24) is 9.80 Å². The summed E-state index contributed by atoms with van der Waals surface area (Å²) in [5.74, 6) is 0.929. The highest BCUT2D eigenvalue weighted by Crippen LogP contribution is 2.26. The van der Waals surface area contributed by atoms with Crippen LogP contribution in [-0.2, 0) is 9.53 Å². The Kier molecular flexibility index (Phi) is 5.02. The fraction of sp³-hybridized carbons (Fsp3) is 0.867. The van der Waals surface area contributed by atoms with Gasteiger partial charge in [0.15, 0.2) is 0 Å². The second-order valence-electron chi connectivity index (χ2n) is 6.99. The van der Waals surface area contributed by atoms with Crippen molar-refractivity contribution in [3.05, 3.63) is 0 Å². The Balaban J connectivity index is 1.95. The maximum Gasteiger partial charge on any atom is 0.410 e. The molecule has 0 radical (unpaired) electrons. The normalized spacial score (nSPS) is 27.1. The zero-order valence-electron chi connectivity index (χ0n) is 13.1. The third kappa shape index (κ3) is 4.25. The van der Waals surface area contributed by atoms with Crippen molar-refractivity contribution in [3.63, 3.8) is 0 Å². The van der Waals surface area contributed by atoms with Crippen LogP contribution in [-0.4, -0.2) is 59.0 Å². The molecule has 2 aliphatic rings. The molecule has 2 amide bonds. The van der Waals surface area contributed by atoms with Crippen molar-refractivity contribution in [2.24, 2.45) is 5.92 Å². The first-order valence-electron chi connectivity index (χ1n) is 7.63. The van der Waals surface area contributed by atoms with Gasteiger partial charge in [-0.3, -0.25) is 4.79 Å². The molecule has 5 nitrogen and oxygen atoms in total. The molecule has 120 valence electrons. The first-order chi connectivity index (χ1) is 9.80. The van der Waals surface area contributed by atoms with Gasteiger partial charge in [-0.05, 0) is 39.5 Å². The lowest BCUT2D eigenvalue weighted by molar-refractivity contribution is -0.130. The highest BCUT2D eigenvalue weighted by atomic mass is 35.5. The van der Waals surface area contributed by atoms with Gasteiger partial charge >= 0.3 is 6.09 Å². The molecule has 0 bridgehead atoms. The summed E-state index contributed by atoms with van der Waals surface area (Å²) in [6.07, 6.45) is 2.10. The number of hydrogen-bond acceptors (Lipinski definition) is 3. The monoisotopic (exact) mass is 316 g/mol. The van der Waals surface area contributed by atoms with Crippen molar-refractivity contribution in [2.45, 2.75) is 51.7 Å². The zero-order valence-corrected chi connectivity index (χ0v) is 13.9. The van der Waals surface area contributed by atoms with E-state index in [9.17, 15) is 9.59 Å². The quantitative estimate of drug-likeness (QED) is 0.735. The molecular weight excluding hydrogens is 292 g/mol. The van der Waals surface area contributed by atoms with E-state index in [1.54, 1.807) is 4.90 Å². The van der Waals surface area contributed by atoms with Gasteiger partial charge in [0.25, 0.3) is 0 Å². The van der Waals surface area contributed by atoms with E-state index in [1.807, 2.05) is 25.7 Å². The van der Waals surface area contributed by atoms with E-state index in [4.69, 9.17) is 16.3 Å². The Morgan fingerprint density at radius 1 is 1.38 bits per heavy atom. The van der Waals surface area contributed by atoms with Crippen LogP contribution in [0.1, 0.15) is 40.0 Å². The summed E-state index contributed by atoms with van der Waals surface area (Å²) in [6.45, 7) is 7.57. The Morgan fingerprint density at radius 3 is 2.67 bits per heavy atom. The van der Waals surface area contributed by atoms with Crippen molar-refractivity contribution in [2.75, 3.05) is 25.5 Å². The summed E-state index contributed by atoms with van der Waals surface area (Å²) in [5, 5.41) is 0. The molecule has 2 rings (SSSR count). The molecule has 2 unspecified atom stereocenters. The topological polar surface area (TPSA) is 49.9 Å². The van der Waals surface area contributed by atoms with Crippen LogP contribution in [0.5, 0.6) is 0 Å². The molecule has 0 saturated carbocycles. The minimum Gasteiger partial charge on any atom is -0.444 e. The number of carbonyl (C=O) groups excluding carboxylic acids is 2. The molecule has 21 heavy (non-hydrogen) atoms. The molecule has 2 saturated heterocycles. The van der Waals surface area contributed by atoms with Gasteiger partial charge in [-0.25, -0.2) is 4.79 Å². The fourth-order valence-corrected chi connectivity index (χ4v) is 3.17. The number of piperidine rings is 1. The summed E-state index contributed by atoms with van der Waals surface area (Å²) < 4.78 is 5.42. The van der Waals surface area contributed by atoms with Crippen LogP contribution < -0.4 is 0 Å². The molecule has 0 aromatic heterocycles. The molecule has 0 N–H and O–H groups in total. The summed E-state index contributed by atoms with van der Waals surface area (Å²) in [7, 11) is 0. The van der Waals surface area contributed by atoms with Crippen LogP contribution in [0.3, 0.4) is 0 Å². The van der Waals surface area contributed by atoms with Crippen LogP contribution in [0.25, 0.3) is 0 Å². The largest absolute Gasteiger partial charge is 0.444 e. The molecule has 2 heterocycles. The summed E-state index contributed by atoms with van der Waals surface area (Å²) in [6, 6.07) is 0.104. The van der Waals surface area contributed by atoms with Gasteiger partial charge in [-0.1, -0.05) is 0 Å². The Labute approximate surface area is 131 Å². The van der Waals surface area contributed by atoms with Crippen LogP contribution >= 0.6 is 11.6 Å². The van der Waals surface area contributed by atoms with Gasteiger partial charge in [0.1, 0.15) is 5.60 Å². The standard InChI is InChI=1S/C15H25ClN2O3/c1-15(2,3)21-14(20)17-6-4-5-12(10-17)18-9-11(8-16)7-13(18)19/h11-12H,4-10H2,1-3H3. The minimum absolute atomic E-state index is 0.104. The first kappa shape index (κ1) is 16.4. The molecule has 2 aliphatic heterocycles. The first-order valence-corrected chi connectivity index (χ1v) is 8.17. The number of halogens is 1. The molecule has 2 fully saturated rings. The van der Waals surface area contributed by atoms with Gasteiger partial charge in [-0.15, -0.1) is 11.6 Å². The highest BCUT2D eigenvalue weighted by Gasteiger charge is 2.37. The third-order valence-corrected chi connectivity index (χ3v) is 4.38. The predicted octanol–water partition coefficient (Wildman–Crippen LogP) is 2.47. The molecule has 0 aromatic rings. The number of alkyl halides is 1. The lowest BCUT2D eigenvalue weighted by atomic mass is 10.0. The van der Waals surface area contributed by atoms with E-state index in [2.05, 4.69) is 0 Å². The summed E-state index contributed by atoms with van der Waals surface area (Å²) in [4.78, 5) is 27.9. The van der Waals surface area contributed by atoms with Gasteiger partial charge in [0.2, 0.25) is 5.91 Å². The van der Waals surface area contributed by atoms with Gasteiger partial charge in [0.05, 0.1) is 0 Å². The number of amides is 2. The number of likely N-dealkylation sites (tertiary alicyclic amines) is 2. The fourth-order valence-electron chi connectivity index (χ4n) is 2.97. The lowest BCUT2D eigenvalue weighted by Gasteiger charge is -2.38. The Morgan fingerprint density at radius 2 is 2.10 bits per heavy atom. The third-order valence-electron chi connectivity index (χ3n) is 3.95. The average Bonchev–Trinajstić information content (AvgIpc) is 2.78. The maximum atomic E-state index is 12.2. The van der Waals surface area contributed by atoms with E-state index in [1.165, 1.54) is 0 Å². The minimum atomic E-state index is -0.489. The van der Waals surface area contributed by atoms with E-state index in [0.29, 0.717) is 25.4 Å². The van der Waals surface area contributed by atoms with Crippen molar-refractivity contribution in [1.29, 1.82) is 0 Å². The highest BCUT2D eigenvalue weighted by molar-refractivity contribution is 6.18. The van der Waals surface area contributed by atoms with Crippen LogP contribution in [0.15, 0.2) is 0 Å². The molecule has 0 spiro atoms. The Hall–Kier alpha value is -0.970. The average molecular weight is 317 g/mol. The predicted molar refractivity (Wildman–Crippen MR) is 81.4 cm³/mol.